The molecule has 1 N–H and O–H groups in total. The molecule has 1 amide bonds. The number of pyridine rings is 1. The number of nitrogens with one attached hydrogen (secondary N) is 1. The Morgan fingerprint density at radius 1 is 1.53 bits per heavy atom. The molecule has 0 radical (unpaired) electrons. The average molecular weight is 208 g/mol. The van der Waals surface area contributed by atoms with Gasteiger partial charge in [0.15, 0.2) is 0 Å². The topological polar surface area (TPSA) is 51.2 Å². The van der Waals surface area contributed by atoms with Gasteiger partial charge < -0.3 is 10.1 Å². The van der Waals surface area contributed by atoms with E-state index in [1.54, 1.807) is 25.6 Å². The second-order valence-corrected chi connectivity index (χ2v) is 3.76. The summed E-state index contributed by atoms with van der Waals surface area (Å²) in [6.07, 6.45) is 3.70. The Hall–Kier alpha value is -1.58. The molecule has 1 rings (SSSR count). The number of anilines is 1. The van der Waals surface area contributed by atoms with E-state index in [0.717, 1.165) is 0 Å². The van der Waals surface area contributed by atoms with Crippen LogP contribution in [0.15, 0.2) is 18.5 Å². The molecule has 1 aromatic rings. The van der Waals surface area contributed by atoms with Gasteiger partial charge in [0.2, 0.25) is 5.91 Å². The van der Waals surface area contributed by atoms with Crippen LogP contribution in [0.25, 0.3) is 0 Å². The largest absolute Gasteiger partial charge is 0.495 e. The smallest absolute Gasteiger partial charge is 0.224 e. The molecule has 4 heteroatoms. The van der Waals surface area contributed by atoms with Gasteiger partial charge in [-0.1, -0.05) is 13.8 Å². The SMILES string of the molecule is COc1cncc(NC(=O)CC(C)C)c1. The minimum absolute atomic E-state index is 0.0000491. The first kappa shape index (κ1) is 11.5. The highest BCUT2D eigenvalue weighted by Gasteiger charge is 2.05. The van der Waals surface area contributed by atoms with Gasteiger partial charge in [0.05, 0.1) is 25.2 Å². The number of carbonyl (C=O) groups is 1. The predicted molar refractivity (Wildman–Crippen MR) is 58.9 cm³/mol. The number of hydrogen-bond donors (Lipinski definition) is 1. The van der Waals surface area contributed by atoms with Crippen LogP contribution in [0.4, 0.5) is 5.69 Å². The first-order valence-corrected chi connectivity index (χ1v) is 4.90. The van der Waals surface area contributed by atoms with Crippen molar-refractivity contribution in [2.24, 2.45) is 5.92 Å². The molecular weight excluding hydrogens is 192 g/mol. The molecule has 4 nitrogen and oxygen atoms in total. The Morgan fingerprint density at radius 2 is 2.27 bits per heavy atom. The zero-order valence-electron chi connectivity index (χ0n) is 9.28. The quantitative estimate of drug-likeness (QED) is 0.824. The van der Waals surface area contributed by atoms with Crippen LogP contribution < -0.4 is 10.1 Å². The van der Waals surface area contributed by atoms with Crippen LogP contribution in [0.5, 0.6) is 5.75 Å². The molecule has 0 aliphatic heterocycles. The summed E-state index contributed by atoms with van der Waals surface area (Å²) >= 11 is 0. The minimum Gasteiger partial charge on any atom is -0.495 e. The van der Waals surface area contributed by atoms with Crippen LogP contribution in [0.1, 0.15) is 20.3 Å². The lowest BCUT2D eigenvalue weighted by Crippen LogP contribution is -2.13. The van der Waals surface area contributed by atoms with Gasteiger partial charge >= 0.3 is 0 Å². The van der Waals surface area contributed by atoms with Gasteiger partial charge in [0.25, 0.3) is 0 Å². The summed E-state index contributed by atoms with van der Waals surface area (Å²) in [5.41, 5.74) is 0.667. The van der Waals surface area contributed by atoms with Crippen molar-refractivity contribution in [1.82, 2.24) is 4.98 Å². The van der Waals surface area contributed by atoms with Crippen LogP contribution in [0, 0.1) is 5.92 Å². The summed E-state index contributed by atoms with van der Waals surface area (Å²) in [6, 6.07) is 1.74. The molecule has 1 heterocycles. The van der Waals surface area contributed by atoms with E-state index in [4.69, 9.17) is 4.74 Å². The van der Waals surface area contributed by atoms with Gasteiger partial charge in [-0.25, -0.2) is 0 Å². The fraction of sp³-hybridized carbons (Fsp3) is 0.455. The van der Waals surface area contributed by atoms with E-state index in [9.17, 15) is 4.79 Å². The Morgan fingerprint density at radius 3 is 2.87 bits per heavy atom. The Bertz CT molecular complexity index is 337. The molecule has 0 unspecified atom stereocenters. The minimum atomic E-state index is 0.0000491. The van der Waals surface area contributed by atoms with Crippen molar-refractivity contribution in [3.63, 3.8) is 0 Å². The van der Waals surface area contributed by atoms with Crippen molar-refractivity contribution in [3.8, 4) is 5.75 Å². The summed E-state index contributed by atoms with van der Waals surface area (Å²) in [7, 11) is 1.57. The zero-order chi connectivity index (χ0) is 11.3. The Kier molecular flexibility index (Phi) is 4.09. The summed E-state index contributed by atoms with van der Waals surface area (Å²) in [5, 5.41) is 2.77. The number of carbonyl (C=O) groups excluding carboxylic acids is 1. The fourth-order valence-electron chi connectivity index (χ4n) is 1.18. The van der Waals surface area contributed by atoms with E-state index in [0.29, 0.717) is 23.8 Å². The number of amides is 1. The van der Waals surface area contributed by atoms with Crippen LogP contribution in [0.3, 0.4) is 0 Å². The highest BCUT2D eigenvalue weighted by molar-refractivity contribution is 5.90. The maximum absolute atomic E-state index is 11.4. The molecule has 0 aliphatic rings. The molecule has 15 heavy (non-hydrogen) atoms. The van der Waals surface area contributed by atoms with E-state index in [1.165, 1.54) is 0 Å². The zero-order valence-corrected chi connectivity index (χ0v) is 9.28. The highest BCUT2D eigenvalue weighted by atomic mass is 16.5. The van der Waals surface area contributed by atoms with Gasteiger partial charge in [-0.15, -0.1) is 0 Å². The first-order chi connectivity index (χ1) is 7.11. The molecule has 0 bridgehead atoms. The van der Waals surface area contributed by atoms with Crippen molar-refractivity contribution in [1.29, 1.82) is 0 Å². The number of ether oxygens (including phenoxy) is 1. The van der Waals surface area contributed by atoms with Crippen molar-refractivity contribution < 1.29 is 9.53 Å². The van der Waals surface area contributed by atoms with E-state index in [-0.39, 0.29) is 5.91 Å². The van der Waals surface area contributed by atoms with Crippen molar-refractivity contribution >= 4 is 11.6 Å². The summed E-state index contributed by atoms with van der Waals surface area (Å²) in [4.78, 5) is 15.4. The van der Waals surface area contributed by atoms with Gasteiger partial charge in [-0.2, -0.15) is 0 Å². The molecule has 0 atom stereocenters. The fourth-order valence-corrected chi connectivity index (χ4v) is 1.18. The third kappa shape index (κ3) is 3.97. The van der Waals surface area contributed by atoms with Crippen molar-refractivity contribution in [2.75, 3.05) is 12.4 Å². The van der Waals surface area contributed by atoms with E-state index in [2.05, 4.69) is 10.3 Å². The lowest BCUT2D eigenvalue weighted by molar-refractivity contribution is -0.116. The average Bonchev–Trinajstić information content (AvgIpc) is 2.16. The van der Waals surface area contributed by atoms with Crippen LogP contribution in [-0.4, -0.2) is 18.0 Å². The monoisotopic (exact) mass is 208 g/mol. The Labute approximate surface area is 89.7 Å². The number of aromatic nitrogens is 1. The van der Waals surface area contributed by atoms with Crippen molar-refractivity contribution in [3.05, 3.63) is 18.5 Å². The standard InChI is InChI=1S/C11H16N2O2/c1-8(2)4-11(14)13-9-5-10(15-3)7-12-6-9/h5-8H,4H2,1-3H3,(H,13,14). The maximum atomic E-state index is 11.4. The molecule has 0 saturated carbocycles. The van der Waals surface area contributed by atoms with Crippen LogP contribution >= 0.6 is 0 Å². The third-order valence-electron chi connectivity index (χ3n) is 1.83. The van der Waals surface area contributed by atoms with E-state index >= 15 is 0 Å². The Balaban J connectivity index is 2.60. The van der Waals surface area contributed by atoms with Gasteiger partial charge in [0, 0.05) is 12.5 Å². The second kappa shape index (κ2) is 5.34. The van der Waals surface area contributed by atoms with Gasteiger partial charge in [-0.05, 0) is 5.92 Å². The molecule has 82 valence electrons. The molecule has 0 saturated heterocycles. The summed E-state index contributed by atoms with van der Waals surface area (Å²) in [5.74, 6) is 0.987. The number of methoxy groups -OCH3 is 1. The van der Waals surface area contributed by atoms with Gasteiger partial charge in [-0.3, -0.25) is 9.78 Å². The van der Waals surface area contributed by atoms with E-state index < -0.39 is 0 Å². The normalized spacial score (nSPS) is 10.1. The number of hydrogen-bond acceptors (Lipinski definition) is 3. The molecule has 0 fully saturated rings. The molecule has 0 aromatic carbocycles. The number of rotatable bonds is 4. The van der Waals surface area contributed by atoms with Crippen LogP contribution in [0.2, 0.25) is 0 Å². The lowest BCUT2D eigenvalue weighted by atomic mass is 10.1. The predicted octanol–water partition coefficient (Wildman–Crippen LogP) is 2.07. The summed E-state index contributed by atoms with van der Waals surface area (Å²) in [6.45, 7) is 4.01. The first-order valence-electron chi connectivity index (χ1n) is 4.90. The van der Waals surface area contributed by atoms with Crippen molar-refractivity contribution in [2.45, 2.75) is 20.3 Å². The van der Waals surface area contributed by atoms with Crippen LogP contribution in [-0.2, 0) is 4.79 Å². The molecule has 0 spiro atoms. The maximum Gasteiger partial charge on any atom is 0.224 e. The summed E-state index contributed by atoms with van der Waals surface area (Å²) < 4.78 is 5.00. The van der Waals surface area contributed by atoms with E-state index in [1.807, 2.05) is 13.8 Å². The number of nitrogens with zero attached hydrogens (tertiary/aromatic N) is 1. The lowest BCUT2D eigenvalue weighted by Gasteiger charge is -2.07. The third-order valence-corrected chi connectivity index (χ3v) is 1.83. The second-order valence-electron chi connectivity index (χ2n) is 3.76. The molecular formula is C11H16N2O2. The molecule has 1 aromatic heterocycles. The highest BCUT2D eigenvalue weighted by Crippen LogP contribution is 2.15. The van der Waals surface area contributed by atoms with Gasteiger partial charge in [0.1, 0.15) is 5.75 Å². The molecule has 0 aliphatic carbocycles.